The molecule has 3 heterocycles. The Morgan fingerprint density at radius 3 is 2.82 bits per heavy atom. The Balaban J connectivity index is 1.60. The van der Waals surface area contributed by atoms with E-state index in [1.165, 1.54) is 0 Å². The number of nitrogens with zero attached hydrogens (tertiary/aromatic N) is 2. The van der Waals surface area contributed by atoms with Crippen LogP contribution in [-0.4, -0.2) is 40.8 Å². The van der Waals surface area contributed by atoms with E-state index < -0.39 is 0 Å². The largest absolute Gasteiger partial charge is 0.462 e. The van der Waals surface area contributed by atoms with Crippen LogP contribution < -0.4 is 15.8 Å². The number of esters is 1. The van der Waals surface area contributed by atoms with Gasteiger partial charge in [0.15, 0.2) is 0 Å². The third-order valence-corrected chi connectivity index (χ3v) is 6.01. The second-order valence-corrected chi connectivity index (χ2v) is 8.42. The van der Waals surface area contributed by atoms with Gasteiger partial charge in [-0.05, 0) is 86.0 Å². The van der Waals surface area contributed by atoms with Gasteiger partial charge in [0.1, 0.15) is 0 Å². The molecule has 1 saturated heterocycles. The number of H-pyrrole nitrogens is 1. The van der Waals surface area contributed by atoms with Gasteiger partial charge in [-0.3, -0.25) is 10.1 Å². The van der Waals surface area contributed by atoms with E-state index in [0.717, 1.165) is 64.6 Å². The molecule has 2 N–H and O–H groups in total. The Morgan fingerprint density at radius 2 is 2.06 bits per heavy atom. The number of aromatic amines is 1. The second-order valence-electron chi connectivity index (χ2n) is 8.42. The summed E-state index contributed by atoms with van der Waals surface area (Å²) < 4.78 is 5.63. The Hall–Kier alpha value is -3.51. The van der Waals surface area contributed by atoms with Gasteiger partial charge in [-0.15, -0.1) is 0 Å². The first kappa shape index (κ1) is 22.7. The zero-order valence-electron chi connectivity index (χ0n) is 19.2. The van der Waals surface area contributed by atoms with E-state index >= 15 is 0 Å². The van der Waals surface area contributed by atoms with Crippen LogP contribution >= 0.6 is 0 Å². The minimum Gasteiger partial charge on any atom is -0.462 e. The van der Waals surface area contributed by atoms with Gasteiger partial charge in [0.25, 0.3) is 0 Å². The normalized spacial score (nSPS) is 15.6. The molecule has 0 aliphatic carbocycles. The van der Waals surface area contributed by atoms with Crippen LogP contribution in [-0.2, 0) is 9.53 Å². The smallest absolute Gasteiger partial charge is 0.337 e. The van der Waals surface area contributed by atoms with Crippen molar-refractivity contribution in [2.24, 2.45) is 5.92 Å². The van der Waals surface area contributed by atoms with Crippen molar-refractivity contribution >= 4 is 18.6 Å². The van der Waals surface area contributed by atoms with E-state index in [-0.39, 0.29) is 5.97 Å². The average molecular weight is 443 g/mol. The van der Waals surface area contributed by atoms with Crippen LogP contribution in [0.3, 0.4) is 0 Å². The maximum Gasteiger partial charge on any atom is 0.337 e. The van der Waals surface area contributed by atoms with Gasteiger partial charge in [0, 0.05) is 11.3 Å². The van der Waals surface area contributed by atoms with E-state index in [1.54, 1.807) is 12.3 Å². The Kier molecular flexibility index (Phi) is 7.15. The molecule has 0 saturated carbocycles. The fraction of sp³-hybridized carbons (Fsp3) is 0.296. The molecule has 1 aromatic carbocycles. The molecule has 4 rings (SSSR count). The van der Waals surface area contributed by atoms with Crippen LogP contribution in [0.5, 0.6) is 0 Å². The number of carbonyl (C=O) groups excluding carboxylic acids is 1. The Labute approximate surface area is 194 Å². The van der Waals surface area contributed by atoms with Crippen molar-refractivity contribution in [3.05, 3.63) is 70.4 Å². The highest BCUT2D eigenvalue weighted by Gasteiger charge is 2.16. The number of piperidine rings is 1. The van der Waals surface area contributed by atoms with Crippen LogP contribution in [0.4, 0.5) is 0 Å². The highest BCUT2D eigenvalue weighted by molar-refractivity contribution is 5.97. The van der Waals surface area contributed by atoms with Crippen molar-refractivity contribution < 1.29 is 9.53 Å². The molecule has 33 heavy (non-hydrogen) atoms. The van der Waals surface area contributed by atoms with Crippen molar-refractivity contribution in [1.29, 1.82) is 0 Å². The van der Waals surface area contributed by atoms with Crippen molar-refractivity contribution in [3.63, 3.8) is 0 Å². The minimum atomic E-state index is -0.297. The summed E-state index contributed by atoms with van der Waals surface area (Å²) in [4.78, 5) is 17.4. The summed E-state index contributed by atoms with van der Waals surface area (Å²) >= 11 is 0. The number of aryl methyl sites for hydroxylation is 1. The van der Waals surface area contributed by atoms with Gasteiger partial charge in [-0.25, -0.2) is 4.79 Å². The zero-order valence-corrected chi connectivity index (χ0v) is 19.2. The van der Waals surface area contributed by atoms with Crippen molar-refractivity contribution in [3.8, 4) is 22.5 Å². The molecular weight excluding hydrogens is 412 g/mol. The van der Waals surface area contributed by atoms with Gasteiger partial charge in [0.2, 0.25) is 0 Å². The highest BCUT2D eigenvalue weighted by Crippen LogP contribution is 2.28. The average Bonchev–Trinajstić information content (AvgIpc) is 3.33. The maximum atomic E-state index is 12.7. The summed E-state index contributed by atoms with van der Waals surface area (Å²) in [6.07, 6.45) is 7.51. The number of allylic oxidation sites excluding steroid dienone is 1. The summed E-state index contributed by atoms with van der Waals surface area (Å²) in [7, 11) is 0. The fourth-order valence-electron chi connectivity index (χ4n) is 4.03. The first-order valence-electron chi connectivity index (χ1n) is 11.4. The number of rotatable bonds is 6. The van der Waals surface area contributed by atoms with Crippen LogP contribution in [0.15, 0.2) is 54.2 Å². The molecule has 1 aliphatic heterocycles. The van der Waals surface area contributed by atoms with E-state index in [4.69, 9.17) is 4.74 Å². The van der Waals surface area contributed by atoms with Gasteiger partial charge in [0.05, 0.1) is 29.8 Å². The summed E-state index contributed by atoms with van der Waals surface area (Å²) in [5, 5.41) is 12.4. The molecule has 0 bridgehead atoms. The number of pyridine rings is 1. The predicted octanol–water partition coefficient (Wildman–Crippen LogP) is 3.13. The first-order valence-corrected chi connectivity index (χ1v) is 11.4. The molecule has 170 valence electrons. The molecular formula is C27H30N4O2. The minimum absolute atomic E-state index is 0.297. The Morgan fingerprint density at radius 1 is 1.24 bits per heavy atom. The summed E-state index contributed by atoms with van der Waals surface area (Å²) in [5.41, 5.74) is 5.07. The van der Waals surface area contributed by atoms with Gasteiger partial charge >= 0.3 is 5.97 Å². The molecule has 6 nitrogen and oxygen atoms in total. The number of aromatic nitrogens is 3. The number of hydrogen-bond donors (Lipinski definition) is 2. The molecule has 6 heteroatoms. The molecule has 1 fully saturated rings. The van der Waals surface area contributed by atoms with Crippen LogP contribution in [0.2, 0.25) is 0 Å². The van der Waals surface area contributed by atoms with Crippen molar-refractivity contribution in [1.82, 2.24) is 20.5 Å². The molecule has 1 aliphatic rings. The molecule has 0 unspecified atom stereocenters. The monoisotopic (exact) mass is 442 g/mol. The van der Waals surface area contributed by atoms with Crippen LogP contribution in [0.1, 0.15) is 25.5 Å². The maximum absolute atomic E-state index is 12.7. The van der Waals surface area contributed by atoms with Crippen molar-refractivity contribution in [2.75, 3.05) is 19.7 Å². The molecule has 0 atom stereocenters. The number of carbonyl (C=O) groups is 1. The van der Waals surface area contributed by atoms with Crippen LogP contribution in [0.25, 0.3) is 35.2 Å². The number of nitrogens with one attached hydrogen (secondary N) is 2. The highest BCUT2D eigenvalue weighted by atomic mass is 16.5. The lowest BCUT2D eigenvalue weighted by Gasteiger charge is -2.22. The molecule has 2 aromatic heterocycles. The van der Waals surface area contributed by atoms with Gasteiger partial charge < -0.3 is 10.1 Å². The number of ether oxygens (including phenoxy) is 1. The van der Waals surface area contributed by atoms with E-state index in [0.29, 0.717) is 18.1 Å². The lowest BCUT2D eigenvalue weighted by atomic mass is 9.99. The molecule has 3 aromatic rings. The number of benzene rings is 1. The van der Waals surface area contributed by atoms with Gasteiger partial charge in [-0.2, -0.15) is 5.10 Å². The van der Waals surface area contributed by atoms with E-state index in [9.17, 15) is 4.79 Å². The van der Waals surface area contributed by atoms with E-state index in [1.807, 2.05) is 56.3 Å². The molecule has 0 radical (unpaired) electrons. The second kappa shape index (κ2) is 10.4. The third kappa shape index (κ3) is 5.46. The summed E-state index contributed by atoms with van der Waals surface area (Å²) in [6, 6.07) is 11.9. The molecule has 0 spiro atoms. The zero-order chi connectivity index (χ0) is 23.2. The van der Waals surface area contributed by atoms with Crippen molar-refractivity contribution in [2.45, 2.75) is 26.7 Å². The quantitative estimate of drug-likeness (QED) is 0.453. The molecule has 0 amide bonds. The lowest BCUT2D eigenvalue weighted by Crippen LogP contribution is -2.30. The predicted molar refractivity (Wildman–Crippen MR) is 132 cm³/mol. The standard InChI is InChI=1S/C27H30N4O2/c1-4-21(27(32)33-17-20-10-12-28-13-11-20)14-23-15-22(9-8-18(23)2)24-16-29-31-26(24)25-7-5-6-19(3)30-25/h4-9,14-16,20,28H,2,10-13,17H2,1,3H3,(H,29,31)/b21-4+,23-14-. The van der Waals surface area contributed by atoms with Crippen LogP contribution in [0, 0.1) is 12.8 Å². The number of hydrogen-bond acceptors (Lipinski definition) is 5. The third-order valence-electron chi connectivity index (χ3n) is 6.01. The first-order chi connectivity index (χ1) is 16.0. The summed E-state index contributed by atoms with van der Waals surface area (Å²) in [5.74, 6) is 0.128. The van der Waals surface area contributed by atoms with E-state index in [2.05, 4.69) is 27.1 Å². The summed E-state index contributed by atoms with van der Waals surface area (Å²) in [6.45, 7) is 10.4. The van der Waals surface area contributed by atoms with Gasteiger partial charge in [-0.1, -0.05) is 30.9 Å². The Bertz CT molecular complexity index is 1270. The lowest BCUT2D eigenvalue weighted by molar-refractivity contribution is -0.140. The fourth-order valence-corrected chi connectivity index (χ4v) is 4.03. The SMILES string of the molecule is C=c1ccc(-c2cn[nH]c2-c2cccc(C)n2)c/c1=C/C(=C\C)C(=O)OCC1CCNCC1. The topological polar surface area (TPSA) is 79.9 Å².